The third-order valence-electron chi connectivity index (χ3n) is 2.52. The van der Waals surface area contributed by atoms with Gasteiger partial charge in [0.2, 0.25) is 17.2 Å². The van der Waals surface area contributed by atoms with Crippen LogP contribution in [0, 0.1) is 5.92 Å². The fourth-order valence-corrected chi connectivity index (χ4v) is 3.00. The molecule has 1 aliphatic heterocycles. The van der Waals surface area contributed by atoms with Gasteiger partial charge in [-0.25, -0.2) is 0 Å². The van der Waals surface area contributed by atoms with Crippen molar-refractivity contribution < 1.29 is 0 Å². The number of hydrogen-bond donors (Lipinski definition) is 2. The molecule has 0 bridgehead atoms. The van der Waals surface area contributed by atoms with E-state index in [9.17, 15) is 0 Å². The monoisotopic (exact) mass is 259 g/mol. The maximum atomic E-state index is 5.69. The molecule has 3 N–H and O–H groups in total. The van der Waals surface area contributed by atoms with E-state index in [4.69, 9.17) is 17.3 Å². The average Bonchev–Trinajstić information content (AvgIpc) is 2.27. The summed E-state index contributed by atoms with van der Waals surface area (Å²) in [5, 5.41) is 3.29. The van der Waals surface area contributed by atoms with Crippen LogP contribution in [0.2, 0.25) is 5.28 Å². The summed E-state index contributed by atoms with van der Waals surface area (Å²) in [6.07, 6.45) is 2.48. The van der Waals surface area contributed by atoms with Crippen LogP contribution in [-0.2, 0) is 0 Å². The molecule has 0 aliphatic carbocycles. The van der Waals surface area contributed by atoms with E-state index in [0.717, 1.165) is 6.54 Å². The highest BCUT2D eigenvalue weighted by Crippen LogP contribution is 2.22. The first-order chi connectivity index (χ1) is 7.74. The molecule has 0 radical (unpaired) electrons. The summed E-state index contributed by atoms with van der Waals surface area (Å²) in [5.74, 6) is 3.80. The van der Waals surface area contributed by atoms with Crippen LogP contribution in [0.15, 0.2) is 0 Å². The van der Waals surface area contributed by atoms with Crippen molar-refractivity contribution in [2.24, 2.45) is 5.92 Å². The minimum Gasteiger partial charge on any atom is -0.368 e. The first-order valence-electron chi connectivity index (χ1n) is 5.22. The van der Waals surface area contributed by atoms with Gasteiger partial charge in [0.25, 0.3) is 0 Å². The molecular weight excluding hydrogens is 246 g/mol. The first kappa shape index (κ1) is 11.7. The third-order valence-corrected chi connectivity index (χ3v) is 3.73. The lowest BCUT2D eigenvalue weighted by Crippen LogP contribution is -2.20. The van der Waals surface area contributed by atoms with Crippen molar-refractivity contribution in [2.75, 3.05) is 29.1 Å². The van der Waals surface area contributed by atoms with Crippen molar-refractivity contribution in [3.63, 3.8) is 0 Å². The van der Waals surface area contributed by atoms with E-state index >= 15 is 0 Å². The Morgan fingerprint density at radius 2 is 2.06 bits per heavy atom. The Morgan fingerprint density at radius 1 is 1.31 bits per heavy atom. The minimum absolute atomic E-state index is 0.134. The van der Waals surface area contributed by atoms with Crippen LogP contribution in [-0.4, -0.2) is 33.0 Å². The van der Waals surface area contributed by atoms with Crippen LogP contribution in [0.25, 0.3) is 0 Å². The number of nitrogens with two attached hydrogens (primary N) is 1. The first-order valence-corrected chi connectivity index (χ1v) is 6.76. The second kappa shape index (κ2) is 5.54. The molecule has 1 aromatic rings. The molecule has 0 amide bonds. The second-order valence-corrected chi connectivity index (χ2v) is 5.29. The fourth-order valence-electron chi connectivity index (χ4n) is 1.63. The van der Waals surface area contributed by atoms with Gasteiger partial charge in [0.05, 0.1) is 0 Å². The van der Waals surface area contributed by atoms with Gasteiger partial charge < -0.3 is 11.1 Å². The predicted octanol–water partition coefficient (Wildman–Crippen LogP) is 1.66. The Labute approximate surface area is 104 Å². The molecule has 16 heavy (non-hydrogen) atoms. The van der Waals surface area contributed by atoms with Crippen molar-refractivity contribution >= 4 is 35.3 Å². The van der Waals surface area contributed by atoms with Gasteiger partial charge in [0.15, 0.2) is 0 Å². The summed E-state index contributed by atoms with van der Waals surface area (Å²) in [7, 11) is 0. The van der Waals surface area contributed by atoms with E-state index in [1.165, 1.54) is 24.3 Å². The zero-order valence-electron chi connectivity index (χ0n) is 8.82. The zero-order chi connectivity index (χ0) is 11.4. The van der Waals surface area contributed by atoms with Crippen LogP contribution in [0.1, 0.15) is 12.8 Å². The highest BCUT2D eigenvalue weighted by molar-refractivity contribution is 7.99. The van der Waals surface area contributed by atoms with Gasteiger partial charge in [-0.05, 0) is 41.9 Å². The summed E-state index contributed by atoms with van der Waals surface area (Å²) in [4.78, 5) is 11.6. The normalized spacial score (nSPS) is 17.3. The van der Waals surface area contributed by atoms with Gasteiger partial charge in [-0.15, -0.1) is 0 Å². The minimum atomic E-state index is 0.134. The van der Waals surface area contributed by atoms with Crippen LogP contribution in [0.5, 0.6) is 0 Å². The highest BCUT2D eigenvalue weighted by atomic mass is 35.5. The lowest BCUT2D eigenvalue weighted by Gasteiger charge is -2.21. The van der Waals surface area contributed by atoms with Crippen molar-refractivity contribution in [3.8, 4) is 0 Å². The smallest absolute Gasteiger partial charge is 0.228 e. The largest absolute Gasteiger partial charge is 0.368 e. The molecule has 2 heterocycles. The number of aromatic nitrogens is 3. The lowest BCUT2D eigenvalue weighted by atomic mass is 10.0. The van der Waals surface area contributed by atoms with Gasteiger partial charge in [0, 0.05) is 6.54 Å². The number of nitrogen functional groups attached to an aromatic ring is 1. The summed E-state index contributed by atoms with van der Waals surface area (Å²) >= 11 is 7.70. The number of hydrogen-bond acceptors (Lipinski definition) is 6. The van der Waals surface area contributed by atoms with Gasteiger partial charge >= 0.3 is 0 Å². The van der Waals surface area contributed by atoms with Gasteiger partial charge in [0.1, 0.15) is 0 Å². The lowest BCUT2D eigenvalue weighted by molar-refractivity contribution is 0.514. The maximum absolute atomic E-state index is 5.69. The summed E-state index contributed by atoms with van der Waals surface area (Å²) in [5.41, 5.74) is 5.48. The third kappa shape index (κ3) is 3.38. The number of rotatable bonds is 3. The average molecular weight is 260 g/mol. The molecule has 0 aromatic carbocycles. The second-order valence-electron chi connectivity index (χ2n) is 3.72. The van der Waals surface area contributed by atoms with E-state index in [2.05, 4.69) is 20.3 Å². The molecular formula is C9H14ClN5S. The van der Waals surface area contributed by atoms with Crippen LogP contribution >= 0.6 is 23.4 Å². The van der Waals surface area contributed by atoms with Crippen LogP contribution < -0.4 is 11.1 Å². The molecule has 0 atom stereocenters. The van der Waals surface area contributed by atoms with Gasteiger partial charge in [-0.1, -0.05) is 0 Å². The number of halogens is 1. The molecule has 0 unspecified atom stereocenters. The predicted molar refractivity (Wildman–Crippen MR) is 67.8 cm³/mol. The Hall–Kier alpha value is -0.750. The molecule has 5 nitrogen and oxygen atoms in total. The van der Waals surface area contributed by atoms with Crippen molar-refractivity contribution in [1.82, 2.24) is 15.0 Å². The van der Waals surface area contributed by atoms with Crippen molar-refractivity contribution in [2.45, 2.75) is 12.8 Å². The fraction of sp³-hybridized carbons (Fsp3) is 0.667. The standard InChI is InChI=1S/C9H14ClN5S/c10-7-13-8(11)15-9(14-7)12-5-6-1-3-16-4-2-6/h6H,1-5H2,(H3,11,12,13,14,15). The Morgan fingerprint density at radius 3 is 2.75 bits per heavy atom. The number of nitrogens with one attached hydrogen (secondary N) is 1. The number of anilines is 2. The zero-order valence-corrected chi connectivity index (χ0v) is 10.4. The van der Waals surface area contributed by atoms with Gasteiger partial charge in [-0.3, -0.25) is 0 Å². The molecule has 1 fully saturated rings. The molecule has 2 rings (SSSR count). The molecule has 1 aromatic heterocycles. The van der Waals surface area contributed by atoms with Crippen LogP contribution in [0.4, 0.5) is 11.9 Å². The summed E-state index contributed by atoms with van der Waals surface area (Å²) < 4.78 is 0. The SMILES string of the molecule is Nc1nc(Cl)nc(NCC2CCSCC2)n1. The maximum Gasteiger partial charge on any atom is 0.228 e. The molecule has 0 spiro atoms. The molecule has 1 aliphatic rings. The van der Waals surface area contributed by atoms with Crippen molar-refractivity contribution in [3.05, 3.63) is 5.28 Å². The molecule has 1 saturated heterocycles. The van der Waals surface area contributed by atoms with Crippen LogP contribution in [0.3, 0.4) is 0 Å². The highest BCUT2D eigenvalue weighted by Gasteiger charge is 2.14. The van der Waals surface area contributed by atoms with Crippen molar-refractivity contribution in [1.29, 1.82) is 0 Å². The Bertz CT molecular complexity index is 336. The molecule has 88 valence electrons. The quantitative estimate of drug-likeness (QED) is 0.860. The molecule has 7 heteroatoms. The van der Waals surface area contributed by atoms with E-state index in [1.54, 1.807) is 0 Å². The topological polar surface area (TPSA) is 76.7 Å². The summed E-state index contributed by atoms with van der Waals surface area (Å²) in [6, 6.07) is 0. The van der Waals surface area contributed by atoms with E-state index in [1.807, 2.05) is 11.8 Å². The van der Waals surface area contributed by atoms with E-state index in [0.29, 0.717) is 11.9 Å². The number of nitrogens with zero attached hydrogens (tertiary/aromatic N) is 3. The molecule has 0 saturated carbocycles. The van der Waals surface area contributed by atoms with E-state index < -0.39 is 0 Å². The number of thioether (sulfide) groups is 1. The van der Waals surface area contributed by atoms with E-state index in [-0.39, 0.29) is 11.2 Å². The Balaban J connectivity index is 1.88. The summed E-state index contributed by atoms with van der Waals surface area (Å²) in [6.45, 7) is 0.875. The Kier molecular flexibility index (Phi) is 4.06. The van der Waals surface area contributed by atoms with Gasteiger partial charge in [-0.2, -0.15) is 26.7 Å².